The minimum atomic E-state index is -0.671. The lowest BCUT2D eigenvalue weighted by molar-refractivity contribution is -0.117. The molecule has 3 N–H and O–H groups in total. The van der Waals surface area contributed by atoms with Crippen molar-refractivity contribution in [1.82, 2.24) is 15.1 Å². The highest BCUT2D eigenvalue weighted by molar-refractivity contribution is 5.98. The van der Waals surface area contributed by atoms with E-state index in [1.807, 2.05) is 22.9 Å². The van der Waals surface area contributed by atoms with Crippen LogP contribution < -0.4 is 16.0 Å². The van der Waals surface area contributed by atoms with Gasteiger partial charge in [0, 0.05) is 11.8 Å². The summed E-state index contributed by atoms with van der Waals surface area (Å²) in [6, 6.07) is 10.1. The fraction of sp³-hybridized carbons (Fsp3) is 0.389. The Balaban J connectivity index is 1.54. The number of hydrogen-bond donors (Lipinski definition) is 3. The number of hydrogen-bond acceptors (Lipinski definition) is 3. The molecule has 1 fully saturated rings. The summed E-state index contributed by atoms with van der Waals surface area (Å²) in [6.45, 7) is 1.65. The highest BCUT2D eigenvalue weighted by Gasteiger charge is 2.22. The van der Waals surface area contributed by atoms with E-state index in [1.165, 1.54) is 12.8 Å². The standard InChI is InChI=1S/C18H23N5O2/c1-13(20-18(25)21-14-7-3-2-4-8-14)17(24)22-16-11-12-19-23(16)15-9-5-6-10-15/h2-4,7-8,11-13,15H,5-6,9-10H2,1H3,(H,22,24)(H2,20,21,25)/t13-/m0/s1. The van der Waals surface area contributed by atoms with Gasteiger partial charge in [-0.1, -0.05) is 31.0 Å². The van der Waals surface area contributed by atoms with Crippen molar-refractivity contribution in [3.8, 4) is 0 Å². The third-order valence-electron chi connectivity index (χ3n) is 4.36. The highest BCUT2D eigenvalue weighted by Crippen LogP contribution is 2.31. The zero-order valence-electron chi connectivity index (χ0n) is 14.2. The normalized spacial score (nSPS) is 15.6. The lowest BCUT2D eigenvalue weighted by Gasteiger charge is -2.17. The molecule has 1 aromatic carbocycles. The number of carbonyl (C=O) groups is 2. The van der Waals surface area contributed by atoms with Gasteiger partial charge in [0.25, 0.3) is 0 Å². The van der Waals surface area contributed by atoms with Crippen LogP contribution in [0.15, 0.2) is 42.6 Å². The zero-order chi connectivity index (χ0) is 17.6. The molecule has 0 bridgehead atoms. The van der Waals surface area contributed by atoms with Crippen LogP contribution in [0, 0.1) is 0 Å². The van der Waals surface area contributed by atoms with E-state index in [1.54, 1.807) is 31.3 Å². The molecule has 25 heavy (non-hydrogen) atoms. The van der Waals surface area contributed by atoms with Crippen molar-refractivity contribution in [2.24, 2.45) is 0 Å². The number of carbonyl (C=O) groups excluding carboxylic acids is 2. The maximum Gasteiger partial charge on any atom is 0.319 e. The molecule has 3 amide bonds. The second-order valence-corrected chi connectivity index (χ2v) is 6.27. The number of para-hydroxylation sites is 1. The van der Waals surface area contributed by atoms with Gasteiger partial charge in [0.2, 0.25) is 5.91 Å². The third kappa shape index (κ3) is 4.37. The van der Waals surface area contributed by atoms with Crippen LogP contribution in [0.1, 0.15) is 38.6 Å². The Bertz CT molecular complexity index is 722. The molecular weight excluding hydrogens is 318 g/mol. The summed E-state index contributed by atoms with van der Waals surface area (Å²) < 4.78 is 1.88. The molecule has 0 saturated heterocycles. The van der Waals surface area contributed by atoms with Crippen molar-refractivity contribution < 1.29 is 9.59 Å². The Kier molecular flexibility index (Phi) is 5.33. The lowest BCUT2D eigenvalue weighted by Crippen LogP contribution is -2.43. The van der Waals surface area contributed by atoms with Crippen LogP contribution >= 0.6 is 0 Å². The number of amides is 3. The van der Waals surface area contributed by atoms with Crippen LogP contribution in [0.3, 0.4) is 0 Å². The van der Waals surface area contributed by atoms with Crippen LogP contribution in [0.25, 0.3) is 0 Å². The number of rotatable bonds is 5. The van der Waals surface area contributed by atoms with Crippen LogP contribution in [0.2, 0.25) is 0 Å². The molecule has 0 aliphatic heterocycles. The molecule has 1 aromatic heterocycles. The molecule has 0 spiro atoms. The number of aromatic nitrogens is 2. The lowest BCUT2D eigenvalue weighted by atomic mass is 10.2. The average molecular weight is 341 g/mol. The fourth-order valence-corrected chi connectivity index (χ4v) is 3.04. The second-order valence-electron chi connectivity index (χ2n) is 6.27. The third-order valence-corrected chi connectivity index (χ3v) is 4.36. The van der Waals surface area contributed by atoms with E-state index in [4.69, 9.17) is 0 Å². The Labute approximate surface area is 146 Å². The topological polar surface area (TPSA) is 88.1 Å². The molecule has 3 rings (SSSR count). The van der Waals surface area contributed by atoms with E-state index < -0.39 is 12.1 Å². The molecule has 1 aliphatic carbocycles. The summed E-state index contributed by atoms with van der Waals surface area (Å²) in [5.74, 6) is 0.400. The summed E-state index contributed by atoms with van der Waals surface area (Å²) in [7, 11) is 0. The minimum absolute atomic E-state index is 0.275. The van der Waals surface area contributed by atoms with Crippen molar-refractivity contribution in [2.45, 2.75) is 44.7 Å². The summed E-state index contributed by atoms with van der Waals surface area (Å²) in [4.78, 5) is 24.4. The van der Waals surface area contributed by atoms with Crippen LogP contribution in [0.5, 0.6) is 0 Å². The van der Waals surface area contributed by atoms with E-state index in [-0.39, 0.29) is 5.91 Å². The van der Waals surface area contributed by atoms with E-state index in [0.717, 1.165) is 12.8 Å². The number of nitrogens with zero attached hydrogens (tertiary/aromatic N) is 2. The smallest absolute Gasteiger partial charge is 0.319 e. The summed E-state index contributed by atoms with van der Waals surface area (Å²) >= 11 is 0. The van der Waals surface area contributed by atoms with Gasteiger partial charge in [-0.2, -0.15) is 5.10 Å². The molecule has 7 heteroatoms. The van der Waals surface area contributed by atoms with Crippen molar-refractivity contribution >= 4 is 23.4 Å². The zero-order valence-corrected chi connectivity index (χ0v) is 14.2. The highest BCUT2D eigenvalue weighted by atomic mass is 16.2. The van der Waals surface area contributed by atoms with E-state index >= 15 is 0 Å². The summed E-state index contributed by atoms with van der Waals surface area (Å²) in [6.07, 6.45) is 6.23. The number of nitrogens with one attached hydrogen (secondary N) is 3. The first-order chi connectivity index (χ1) is 12.1. The molecule has 132 valence electrons. The van der Waals surface area contributed by atoms with E-state index in [2.05, 4.69) is 21.0 Å². The Morgan fingerprint density at radius 2 is 1.84 bits per heavy atom. The van der Waals surface area contributed by atoms with Gasteiger partial charge in [0.15, 0.2) is 0 Å². The first-order valence-electron chi connectivity index (χ1n) is 8.60. The van der Waals surface area contributed by atoms with Gasteiger partial charge >= 0.3 is 6.03 Å². The number of anilines is 2. The molecule has 0 radical (unpaired) electrons. The largest absolute Gasteiger partial charge is 0.326 e. The first kappa shape index (κ1) is 17.0. The predicted octanol–water partition coefficient (Wildman–Crippen LogP) is 3.15. The minimum Gasteiger partial charge on any atom is -0.326 e. The molecule has 2 aromatic rings. The quantitative estimate of drug-likeness (QED) is 0.780. The molecule has 1 heterocycles. The van der Waals surface area contributed by atoms with E-state index in [9.17, 15) is 9.59 Å². The van der Waals surface area contributed by atoms with Crippen LogP contribution in [-0.4, -0.2) is 27.8 Å². The predicted molar refractivity (Wildman–Crippen MR) is 96.4 cm³/mol. The van der Waals surface area contributed by atoms with Gasteiger partial charge in [0.05, 0.1) is 12.2 Å². The van der Waals surface area contributed by atoms with Crippen molar-refractivity contribution in [1.29, 1.82) is 0 Å². The van der Waals surface area contributed by atoms with Crippen molar-refractivity contribution in [3.05, 3.63) is 42.6 Å². The van der Waals surface area contributed by atoms with Crippen molar-refractivity contribution in [2.75, 3.05) is 10.6 Å². The average Bonchev–Trinajstić information content (AvgIpc) is 3.26. The molecule has 1 aliphatic rings. The monoisotopic (exact) mass is 341 g/mol. The first-order valence-corrected chi connectivity index (χ1v) is 8.60. The van der Waals surface area contributed by atoms with Crippen molar-refractivity contribution in [3.63, 3.8) is 0 Å². The maximum atomic E-state index is 12.4. The summed E-state index contributed by atoms with van der Waals surface area (Å²) in [5.41, 5.74) is 0.673. The maximum absolute atomic E-state index is 12.4. The van der Waals surface area contributed by atoms with Crippen LogP contribution in [0.4, 0.5) is 16.3 Å². The van der Waals surface area contributed by atoms with Gasteiger partial charge in [-0.25, -0.2) is 9.48 Å². The van der Waals surface area contributed by atoms with Gasteiger partial charge in [-0.15, -0.1) is 0 Å². The Morgan fingerprint density at radius 1 is 1.12 bits per heavy atom. The SMILES string of the molecule is C[C@H](NC(=O)Nc1ccccc1)C(=O)Nc1ccnn1C1CCCC1. The molecule has 1 atom stereocenters. The van der Waals surface area contributed by atoms with Gasteiger partial charge < -0.3 is 16.0 Å². The van der Waals surface area contributed by atoms with Crippen LogP contribution in [-0.2, 0) is 4.79 Å². The Hall–Kier alpha value is -2.83. The van der Waals surface area contributed by atoms with Gasteiger partial charge in [-0.05, 0) is 31.9 Å². The number of benzene rings is 1. The Morgan fingerprint density at radius 3 is 2.56 bits per heavy atom. The number of urea groups is 1. The van der Waals surface area contributed by atoms with Gasteiger partial charge in [-0.3, -0.25) is 4.79 Å². The molecule has 0 unspecified atom stereocenters. The fourth-order valence-electron chi connectivity index (χ4n) is 3.04. The molecule has 1 saturated carbocycles. The van der Waals surface area contributed by atoms with Gasteiger partial charge in [0.1, 0.15) is 11.9 Å². The summed E-state index contributed by atoms with van der Waals surface area (Å²) in [5, 5.41) is 12.5. The van der Waals surface area contributed by atoms with E-state index in [0.29, 0.717) is 17.5 Å². The molecule has 7 nitrogen and oxygen atoms in total. The second kappa shape index (κ2) is 7.83. The molecular formula is C18H23N5O2.